The van der Waals surface area contributed by atoms with Crippen LogP contribution in [0.4, 0.5) is 5.69 Å². The molecule has 2 aromatic rings. The highest BCUT2D eigenvalue weighted by Gasteiger charge is 2.34. The Morgan fingerprint density at radius 2 is 1.94 bits per heavy atom. The number of imide groups is 1. The van der Waals surface area contributed by atoms with E-state index >= 15 is 0 Å². The van der Waals surface area contributed by atoms with Crippen molar-refractivity contribution in [2.75, 3.05) is 31.6 Å². The van der Waals surface area contributed by atoms with Crippen LogP contribution in [0.15, 0.2) is 37.3 Å². The molecule has 4 heterocycles. The number of nitrogens with zero attached hydrogens (tertiary/aromatic N) is 5. The van der Waals surface area contributed by atoms with E-state index in [4.69, 9.17) is 9.72 Å². The zero-order valence-electron chi connectivity index (χ0n) is 21.5. The van der Waals surface area contributed by atoms with Crippen molar-refractivity contribution in [3.8, 4) is 6.01 Å². The van der Waals surface area contributed by atoms with Crippen LogP contribution >= 0.6 is 0 Å². The first-order valence-electron chi connectivity index (χ1n) is 12.3. The molecular weight excluding hydrogens is 456 g/mol. The van der Waals surface area contributed by atoms with Gasteiger partial charge in [-0.2, -0.15) is 0 Å². The normalized spacial score (nSPS) is 17.6. The minimum absolute atomic E-state index is 0.317. The Hall–Kier alpha value is -3.59. The Morgan fingerprint density at radius 1 is 1.25 bits per heavy atom. The standard InChI is InChI=1S/C27H34N6O3/c1-6-22(21-8-11-32(12-9-21)16-20-13-29-27(36-5)30-14-20)25-24-17(2)15-33(23(24)7-10-28-25)18(3)26(35)31-19(4)34/h6-7,10,13-14,18,21H,2,8-9,11-12,15-16H2,1,3-5H3,(H,31,34,35)/b22-6-. The Morgan fingerprint density at radius 3 is 2.56 bits per heavy atom. The minimum Gasteiger partial charge on any atom is -0.467 e. The van der Waals surface area contributed by atoms with Gasteiger partial charge in [0.05, 0.1) is 12.8 Å². The Balaban J connectivity index is 1.48. The first-order chi connectivity index (χ1) is 17.3. The number of hydrogen-bond acceptors (Lipinski definition) is 8. The van der Waals surface area contributed by atoms with Crippen molar-refractivity contribution in [1.29, 1.82) is 0 Å². The molecule has 1 N–H and O–H groups in total. The highest BCUT2D eigenvalue weighted by atomic mass is 16.5. The number of allylic oxidation sites excluding steroid dienone is 2. The molecule has 1 atom stereocenters. The van der Waals surface area contributed by atoms with E-state index in [9.17, 15) is 9.59 Å². The van der Waals surface area contributed by atoms with Crippen molar-refractivity contribution in [1.82, 2.24) is 25.2 Å². The van der Waals surface area contributed by atoms with Crippen LogP contribution < -0.4 is 15.0 Å². The number of piperidine rings is 1. The monoisotopic (exact) mass is 490 g/mol. The number of likely N-dealkylation sites (tertiary alicyclic amines) is 1. The number of amides is 2. The molecule has 0 radical (unpaired) electrons. The number of aromatic nitrogens is 3. The minimum atomic E-state index is -0.499. The zero-order chi connectivity index (χ0) is 25.8. The summed E-state index contributed by atoms with van der Waals surface area (Å²) in [5.74, 6) is -0.289. The highest BCUT2D eigenvalue weighted by Crippen LogP contribution is 2.42. The summed E-state index contributed by atoms with van der Waals surface area (Å²) in [6.45, 7) is 12.8. The van der Waals surface area contributed by atoms with Crippen LogP contribution in [0.3, 0.4) is 0 Å². The largest absolute Gasteiger partial charge is 0.467 e. The molecule has 9 nitrogen and oxygen atoms in total. The second-order valence-electron chi connectivity index (χ2n) is 9.38. The lowest BCUT2D eigenvalue weighted by molar-refractivity contribution is -0.129. The molecule has 190 valence electrons. The highest BCUT2D eigenvalue weighted by molar-refractivity contribution is 6.00. The fourth-order valence-corrected chi connectivity index (χ4v) is 5.15. The summed E-state index contributed by atoms with van der Waals surface area (Å²) in [6, 6.07) is 1.81. The van der Waals surface area contributed by atoms with E-state index in [1.54, 1.807) is 20.2 Å². The molecule has 2 aromatic heterocycles. The lowest BCUT2D eigenvalue weighted by atomic mass is 9.84. The number of fused-ring (bicyclic) bond motifs is 1. The van der Waals surface area contributed by atoms with Gasteiger partial charge in [-0.25, -0.2) is 9.97 Å². The Kier molecular flexibility index (Phi) is 7.79. The van der Waals surface area contributed by atoms with E-state index in [1.165, 1.54) is 12.5 Å². The van der Waals surface area contributed by atoms with E-state index in [0.29, 0.717) is 18.5 Å². The van der Waals surface area contributed by atoms with Crippen LogP contribution in [0.25, 0.3) is 11.1 Å². The second kappa shape index (κ2) is 11.0. The van der Waals surface area contributed by atoms with Gasteiger partial charge in [0.1, 0.15) is 6.04 Å². The SMILES string of the molecule is C=C1CN(C(C)C(=O)NC(C)=O)c2ccnc(/C(=C\C)C3CCN(Cc4cnc(OC)nc4)CC3)c21. The Labute approximate surface area is 212 Å². The van der Waals surface area contributed by atoms with Gasteiger partial charge >= 0.3 is 6.01 Å². The number of hydrogen-bond donors (Lipinski definition) is 1. The number of carbonyl (C=O) groups is 2. The van der Waals surface area contributed by atoms with E-state index < -0.39 is 6.04 Å². The molecule has 2 amide bonds. The second-order valence-corrected chi connectivity index (χ2v) is 9.38. The predicted molar refractivity (Wildman–Crippen MR) is 139 cm³/mol. The molecule has 0 saturated carbocycles. The molecule has 0 aliphatic carbocycles. The van der Waals surface area contributed by atoms with Gasteiger partial charge in [-0.05, 0) is 62.9 Å². The molecular formula is C27H34N6O3. The molecule has 1 saturated heterocycles. The fourth-order valence-electron chi connectivity index (χ4n) is 5.15. The van der Waals surface area contributed by atoms with Crippen LogP contribution in [0.5, 0.6) is 6.01 Å². The third-order valence-electron chi connectivity index (χ3n) is 6.98. The number of rotatable bonds is 7. The first-order valence-corrected chi connectivity index (χ1v) is 12.3. The first kappa shape index (κ1) is 25.5. The van der Waals surface area contributed by atoms with Gasteiger partial charge in [0.2, 0.25) is 11.8 Å². The molecule has 36 heavy (non-hydrogen) atoms. The molecule has 2 aliphatic heterocycles. The molecule has 0 spiro atoms. The molecule has 1 unspecified atom stereocenters. The summed E-state index contributed by atoms with van der Waals surface area (Å²) in [4.78, 5) is 41.5. The van der Waals surface area contributed by atoms with Gasteiger partial charge in [-0.3, -0.25) is 24.8 Å². The topological polar surface area (TPSA) is 101 Å². The predicted octanol–water partition coefficient (Wildman–Crippen LogP) is 3.08. The Bertz CT molecular complexity index is 1170. The maximum Gasteiger partial charge on any atom is 0.316 e. The molecule has 0 aromatic carbocycles. The van der Waals surface area contributed by atoms with Crippen LogP contribution in [-0.4, -0.2) is 64.5 Å². The van der Waals surface area contributed by atoms with Crippen molar-refractivity contribution in [3.63, 3.8) is 0 Å². The van der Waals surface area contributed by atoms with Gasteiger partial charge in [-0.15, -0.1) is 0 Å². The average molecular weight is 491 g/mol. The summed E-state index contributed by atoms with van der Waals surface area (Å²) >= 11 is 0. The van der Waals surface area contributed by atoms with Crippen molar-refractivity contribution in [3.05, 3.63) is 54.1 Å². The third-order valence-corrected chi connectivity index (χ3v) is 6.98. The maximum atomic E-state index is 12.5. The average Bonchev–Trinajstić information content (AvgIpc) is 3.22. The number of pyridine rings is 1. The van der Waals surface area contributed by atoms with Gasteiger partial charge in [0.15, 0.2) is 0 Å². The number of anilines is 1. The summed E-state index contributed by atoms with van der Waals surface area (Å²) in [5.41, 5.74) is 6.12. The number of carbonyl (C=O) groups excluding carboxylic acids is 2. The van der Waals surface area contributed by atoms with Crippen molar-refractivity contribution in [2.45, 2.75) is 46.2 Å². The third kappa shape index (κ3) is 5.31. The van der Waals surface area contributed by atoms with Gasteiger partial charge in [-0.1, -0.05) is 12.7 Å². The summed E-state index contributed by atoms with van der Waals surface area (Å²) < 4.78 is 5.05. The van der Waals surface area contributed by atoms with Crippen LogP contribution in [0, 0.1) is 5.92 Å². The van der Waals surface area contributed by atoms with E-state index in [-0.39, 0.29) is 11.8 Å². The van der Waals surface area contributed by atoms with Crippen LogP contribution in [0.1, 0.15) is 50.4 Å². The van der Waals surface area contributed by atoms with Crippen molar-refractivity contribution >= 4 is 28.6 Å². The number of nitrogens with one attached hydrogen (secondary N) is 1. The van der Waals surface area contributed by atoms with E-state index in [1.807, 2.05) is 23.4 Å². The summed E-state index contributed by atoms with van der Waals surface area (Å²) in [7, 11) is 1.56. The van der Waals surface area contributed by atoms with Crippen molar-refractivity contribution in [2.24, 2.45) is 5.92 Å². The van der Waals surface area contributed by atoms with E-state index in [0.717, 1.165) is 60.6 Å². The fraction of sp³-hybridized carbons (Fsp3) is 0.444. The quantitative estimate of drug-likeness (QED) is 0.632. The number of ether oxygens (including phenoxy) is 1. The smallest absolute Gasteiger partial charge is 0.316 e. The summed E-state index contributed by atoms with van der Waals surface area (Å²) in [6.07, 6.45) is 9.66. The molecule has 2 aliphatic rings. The van der Waals surface area contributed by atoms with E-state index in [2.05, 4.69) is 39.8 Å². The molecule has 1 fully saturated rings. The lowest BCUT2D eigenvalue weighted by Crippen LogP contribution is -2.45. The lowest BCUT2D eigenvalue weighted by Gasteiger charge is -2.33. The zero-order valence-corrected chi connectivity index (χ0v) is 21.5. The van der Waals surface area contributed by atoms with Crippen molar-refractivity contribution < 1.29 is 14.3 Å². The van der Waals surface area contributed by atoms with Crippen LogP contribution in [-0.2, 0) is 16.1 Å². The van der Waals surface area contributed by atoms with Crippen LogP contribution in [0.2, 0.25) is 0 Å². The van der Waals surface area contributed by atoms with Gasteiger partial charge < -0.3 is 9.64 Å². The maximum absolute atomic E-state index is 12.5. The number of methoxy groups -OCH3 is 1. The summed E-state index contributed by atoms with van der Waals surface area (Å²) in [5, 5.41) is 2.40. The molecule has 0 bridgehead atoms. The molecule has 9 heteroatoms. The molecule has 4 rings (SSSR count). The van der Waals surface area contributed by atoms with Gasteiger partial charge in [0.25, 0.3) is 0 Å². The van der Waals surface area contributed by atoms with Gasteiger partial charge in [0, 0.05) is 55.4 Å².